The molecule has 30 heavy (non-hydrogen) atoms. The van der Waals surface area contributed by atoms with Crippen LogP contribution in [0.4, 0.5) is 0 Å². The van der Waals surface area contributed by atoms with Gasteiger partial charge in [-0.25, -0.2) is 0 Å². The lowest BCUT2D eigenvalue weighted by Crippen LogP contribution is -2.42. The molecule has 5 rings (SSSR count). The van der Waals surface area contributed by atoms with Crippen molar-refractivity contribution in [2.45, 2.75) is 64.3 Å². The zero-order chi connectivity index (χ0) is 20.9. The van der Waals surface area contributed by atoms with Crippen molar-refractivity contribution in [2.75, 3.05) is 33.2 Å². The number of likely N-dealkylation sites (tertiary alicyclic amines) is 2. The fourth-order valence-corrected chi connectivity index (χ4v) is 5.23. The zero-order valence-electron chi connectivity index (χ0n) is 18.3. The Morgan fingerprint density at radius 2 is 2.03 bits per heavy atom. The maximum atomic E-state index is 13.1. The molecule has 1 atom stereocenters. The van der Waals surface area contributed by atoms with Crippen molar-refractivity contribution in [2.24, 2.45) is 5.41 Å². The van der Waals surface area contributed by atoms with E-state index in [9.17, 15) is 4.79 Å². The van der Waals surface area contributed by atoms with Crippen LogP contribution >= 0.6 is 0 Å². The topological polar surface area (TPSA) is 80.3 Å². The molecule has 0 bridgehead atoms. The van der Waals surface area contributed by atoms with Gasteiger partial charge < -0.3 is 14.3 Å². The van der Waals surface area contributed by atoms with Crippen LogP contribution in [0.3, 0.4) is 0 Å². The minimum Gasteiger partial charge on any atom is -0.341 e. The van der Waals surface area contributed by atoms with Gasteiger partial charge in [0.15, 0.2) is 5.82 Å². The van der Waals surface area contributed by atoms with Crippen LogP contribution in [0, 0.1) is 19.3 Å². The summed E-state index contributed by atoms with van der Waals surface area (Å²) in [5.41, 5.74) is 2.15. The van der Waals surface area contributed by atoms with Crippen LogP contribution in [0.1, 0.15) is 67.0 Å². The minimum absolute atomic E-state index is 0.0493. The summed E-state index contributed by atoms with van der Waals surface area (Å²) in [5, 5.41) is 8.76. The van der Waals surface area contributed by atoms with Gasteiger partial charge in [0.1, 0.15) is 0 Å². The standard InChI is InChI=1S/C22H32N6O2/c1-15-12-16(2)28(24-15)9-6-19(29)27-13-18(21-23-20(25-30-21)17-4-5-17)22(14-27)7-10-26(3)11-8-22/h12,17-18H,4-11,13-14H2,1-3H3. The maximum absolute atomic E-state index is 13.1. The van der Waals surface area contributed by atoms with E-state index in [-0.39, 0.29) is 17.2 Å². The van der Waals surface area contributed by atoms with Crippen LogP contribution in [0.2, 0.25) is 0 Å². The number of carbonyl (C=O) groups is 1. The summed E-state index contributed by atoms with van der Waals surface area (Å²) in [6.07, 6.45) is 4.93. The van der Waals surface area contributed by atoms with Gasteiger partial charge in [0.05, 0.1) is 11.6 Å². The van der Waals surface area contributed by atoms with Gasteiger partial charge in [0, 0.05) is 43.1 Å². The van der Waals surface area contributed by atoms with E-state index in [1.807, 2.05) is 23.4 Å². The van der Waals surface area contributed by atoms with E-state index in [1.54, 1.807) is 0 Å². The first-order valence-electron chi connectivity index (χ1n) is 11.2. The number of aryl methyl sites for hydroxylation is 3. The number of hydrogen-bond acceptors (Lipinski definition) is 6. The molecule has 2 aromatic rings. The van der Waals surface area contributed by atoms with Crippen molar-refractivity contribution in [3.63, 3.8) is 0 Å². The number of aromatic nitrogens is 4. The first-order chi connectivity index (χ1) is 14.4. The van der Waals surface area contributed by atoms with Crippen molar-refractivity contribution in [3.8, 4) is 0 Å². The number of nitrogens with zero attached hydrogens (tertiary/aromatic N) is 6. The van der Waals surface area contributed by atoms with Gasteiger partial charge in [0.25, 0.3) is 0 Å². The van der Waals surface area contributed by atoms with Crippen molar-refractivity contribution < 1.29 is 9.32 Å². The van der Waals surface area contributed by atoms with Crippen LogP contribution in [-0.2, 0) is 11.3 Å². The SMILES string of the molecule is Cc1cc(C)n(CCC(=O)N2CC(c3nc(C4CC4)no3)C3(CCN(C)CC3)C2)n1. The first-order valence-corrected chi connectivity index (χ1v) is 11.2. The van der Waals surface area contributed by atoms with Crippen molar-refractivity contribution in [3.05, 3.63) is 29.2 Å². The predicted octanol–water partition coefficient (Wildman–Crippen LogP) is 2.49. The van der Waals surface area contributed by atoms with Crippen molar-refractivity contribution in [1.29, 1.82) is 0 Å². The van der Waals surface area contributed by atoms with Gasteiger partial charge in [-0.15, -0.1) is 0 Å². The Bertz CT molecular complexity index is 922. The smallest absolute Gasteiger partial charge is 0.232 e. The predicted molar refractivity (Wildman–Crippen MR) is 111 cm³/mol. The monoisotopic (exact) mass is 412 g/mol. The number of rotatable bonds is 5. The van der Waals surface area contributed by atoms with Crippen LogP contribution in [-0.4, -0.2) is 68.9 Å². The number of piperidine rings is 1. The highest BCUT2D eigenvalue weighted by Gasteiger charge is 2.52. The third kappa shape index (κ3) is 3.66. The highest BCUT2D eigenvalue weighted by atomic mass is 16.5. The molecule has 8 heteroatoms. The fourth-order valence-electron chi connectivity index (χ4n) is 5.23. The molecule has 4 heterocycles. The van der Waals surface area contributed by atoms with Gasteiger partial charge >= 0.3 is 0 Å². The minimum atomic E-state index is 0.0493. The Hall–Kier alpha value is -2.22. The second-order valence-electron chi connectivity index (χ2n) is 9.66. The summed E-state index contributed by atoms with van der Waals surface area (Å²) < 4.78 is 7.69. The van der Waals surface area contributed by atoms with Crippen LogP contribution in [0.5, 0.6) is 0 Å². The molecule has 3 aliphatic rings. The number of hydrogen-bond donors (Lipinski definition) is 0. The molecule has 1 aliphatic carbocycles. The largest absolute Gasteiger partial charge is 0.341 e. The molecule has 3 fully saturated rings. The molecule has 1 unspecified atom stereocenters. The Morgan fingerprint density at radius 3 is 2.70 bits per heavy atom. The lowest BCUT2D eigenvalue weighted by molar-refractivity contribution is -0.131. The van der Waals surface area contributed by atoms with Crippen LogP contribution in [0.25, 0.3) is 0 Å². The maximum Gasteiger partial charge on any atom is 0.232 e. The fraction of sp³-hybridized carbons (Fsp3) is 0.727. The van der Waals surface area contributed by atoms with Crippen molar-refractivity contribution in [1.82, 2.24) is 29.7 Å². The normalized spacial score (nSPS) is 24.1. The Balaban J connectivity index is 1.32. The van der Waals surface area contributed by atoms with Gasteiger partial charge in [-0.3, -0.25) is 9.48 Å². The Kier molecular flexibility index (Phi) is 4.92. The van der Waals surface area contributed by atoms with E-state index in [4.69, 9.17) is 9.51 Å². The second kappa shape index (κ2) is 7.48. The first kappa shape index (κ1) is 19.7. The van der Waals surface area contributed by atoms with Crippen LogP contribution in [0.15, 0.2) is 10.6 Å². The molecule has 1 saturated carbocycles. The summed E-state index contributed by atoms with van der Waals surface area (Å²) in [4.78, 5) is 22.3. The molecular weight excluding hydrogens is 380 g/mol. The molecule has 1 amide bonds. The van der Waals surface area contributed by atoms with Gasteiger partial charge in [-0.05, 0) is 65.7 Å². The molecule has 0 aromatic carbocycles. The molecule has 2 aliphatic heterocycles. The highest BCUT2D eigenvalue weighted by molar-refractivity contribution is 5.76. The van der Waals surface area contributed by atoms with E-state index >= 15 is 0 Å². The van der Waals surface area contributed by atoms with Crippen LogP contribution < -0.4 is 0 Å². The third-order valence-corrected chi connectivity index (χ3v) is 7.32. The van der Waals surface area contributed by atoms with Crippen molar-refractivity contribution >= 4 is 5.91 Å². The lowest BCUT2D eigenvalue weighted by atomic mass is 9.71. The van der Waals surface area contributed by atoms with Gasteiger partial charge in [-0.1, -0.05) is 5.16 Å². The quantitative estimate of drug-likeness (QED) is 0.751. The third-order valence-electron chi connectivity index (χ3n) is 7.32. The molecule has 0 N–H and O–H groups in total. The van der Waals surface area contributed by atoms with E-state index in [0.29, 0.717) is 25.4 Å². The Morgan fingerprint density at radius 1 is 1.27 bits per heavy atom. The highest BCUT2D eigenvalue weighted by Crippen LogP contribution is 2.50. The van der Waals surface area contributed by atoms with E-state index < -0.39 is 0 Å². The Labute approximate surface area is 177 Å². The summed E-state index contributed by atoms with van der Waals surface area (Å²) in [5.74, 6) is 2.43. The number of carbonyl (C=O) groups excluding carboxylic acids is 1. The second-order valence-corrected chi connectivity index (χ2v) is 9.66. The molecule has 0 radical (unpaired) electrons. The molecule has 162 valence electrons. The molecule has 2 aromatic heterocycles. The summed E-state index contributed by atoms with van der Waals surface area (Å²) >= 11 is 0. The molecule has 2 saturated heterocycles. The van der Waals surface area contributed by atoms with Gasteiger partial charge in [0.2, 0.25) is 11.8 Å². The van der Waals surface area contributed by atoms with E-state index in [2.05, 4.69) is 28.3 Å². The summed E-state index contributed by atoms with van der Waals surface area (Å²) in [6.45, 7) is 8.23. The van der Waals surface area contributed by atoms with E-state index in [0.717, 1.165) is 68.4 Å². The molecular formula is C22H32N6O2. The molecule has 1 spiro atoms. The number of amides is 1. The van der Waals surface area contributed by atoms with E-state index in [1.165, 1.54) is 0 Å². The lowest BCUT2D eigenvalue weighted by Gasteiger charge is -2.40. The van der Waals surface area contributed by atoms with Gasteiger partial charge in [-0.2, -0.15) is 10.1 Å². The summed E-state index contributed by atoms with van der Waals surface area (Å²) in [6, 6.07) is 2.05. The summed E-state index contributed by atoms with van der Waals surface area (Å²) in [7, 11) is 2.17. The average Bonchev–Trinajstić information content (AvgIpc) is 3.20. The zero-order valence-corrected chi connectivity index (χ0v) is 18.3. The molecule has 8 nitrogen and oxygen atoms in total. The average molecular weight is 413 g/mol.